The maximum absolute atomic E-state index is 13.1. The van der Waals surface area contributed by atoms with E-state index in [2.05, 4.69) is 10.6 Å². The molecule has 24 heavy (non-hydrogen) atoms. The lowest BCUT2D eigenvalue weighted by atomic mass is 9.85. The van der Waals surface area contributed by atoms with Crippen LogP contribution in [0.5, 0.6) is 0 Å². The second-order valence-corrected chi connectivity index (χ2v) is 6.88. The number of urea groups is 1. The molecule has 0 heterocycles. The van der Waals surface area contributed by atoms with Gasteiger partial charge in [-0.3, -0.25) is 0 Å². The van der Waals surface area contributed by atoms with Crippen LogP contribution >= 0.6 is 0 Å². The van der Waals surface area contributed by atoms with Crippen molar-refractivity contribution in [3.8, 4) is 0 Å². The van der Waals surface area contributed by atoms with Crippen LogP contribution in [-0.4, -0.2) is 48.8 Å². The predicted octanol–water partition coefficient (Wildman–Crippen LogP) is 2.42. The molecule has 1 aromatic carbocycles. The number of hydrogen-bond acceptors (Lipinski definition) is 3. The van der Waals surface area contributed by atoms with Crippen LogP contribution < -0.4 is 10.6 Å². The number of likely N-dealkylation sites (N-methyl/N-ethyl adjacent to an activating group) is 1. The summed E-state index contributed by atoms with van der Waals surface area (Å²) < 4.78 is 13.1. The summed E-state index contributed by atoms with van der Waals surface area (Å²) in [7, 11) is 3.83. The van der Waals surface area contributed by atoms with Gasteiger partial charge < -0.3 is 20.6 Å². The Morgan fingerprint density at radius 3 is 2.42 bits per heavy atom. The van der Waals surface area contributed by atoms with E-state index in [0.717, 1.165) is 37.7 Å². The third kappa shape index (κ3) is 5.46. The van der Waals surface area contributed by atoms with E-state index in [1.807, 2.05) is 19.0 Å². The highest BCUT2D eigenvalue weighted by molar-refractivity contribution is 5.74. The van der Waals surface area contributed by atoms with Crippen molar-refractivity contribution in [2.24, 2.45) is 0 Å². The summed E-state index contributed by atoms with van der Waals surface area (Å²) in [6, 6.07) is 5.96. The van der Waals surface area contributed by atoms with Gasteiger partial charge in [0, 0.05) is 13.1 Å². The molecule has 1 aliphatic rings. The van der Waals surface area contributed by atoms with Crippen molar-refractivity contribution in [3.63, 3.8) is 0 Å². The standard InChI is InChI=1S/C18H28FN3O2/c1-22(2)16(14-6-8-15(19)9-7-14)12-20-17(23)21-13-18(24)10-4-3-5-11-18/h6-9,16,24H,3-5,10-13H2,1-2H3,(H2,20,21,23). The Kier molecular flexibility index (Phi) is 6.57. The van der Waals surface area contributed by atoms with E-state index in [0.29, 0.717) is 6.54 Å². The van der Waals surface area contributed by atoms with E-state index in [-0.39, 0.29) is 24.4 Å². The van der Waals surface area contributed by atoms with Gasteiger partial charge in [0.15, 0.2) is 0 Å². The smallest absolute Gasteiger partial charge is 0.314 e. The van der Waals surface area contributed by atoms with Gasteiger partial charge in [0.2, 0.25) is 0 Å². The monoisotopic (exact) mass is 337 g/mol. The van der Waals surface area contributed by atoms with E-state index in [1.54, 1.807) is 12.1 Å². The molecular weight excluding hydrogens is 309 g/mol. The van der Waals surface area contributed by atoms with Crippen LogP contribution in [-0.2, 0) is 0 Å². The van der Waals surface area contributed by atoms with Crippen LogP contribution in [0.3, 0.4) is 0 Å². The second kappa shape index (κ2) is 8.44. The molecule has 3 N–H and O–H groups in total. The van der Waals surface area contributed by atoms with Crippen LogP contribution in [0.2, 0.25) is 0 Å². The van der Waals surface area contributed by atoms with E-state index in [4.69, 9.17) is 0 Å². The number of carbonyl (C=O) groups is 1. The number of halogens is 1. The van der Waals surface area contributed by atoms with E-state index >= 15 is 0 Å². The molecule has 0 aromatic heterocycles. The molecule has 6 heteroatoms. The van der Waals surface area contributed by atoms with E-state index in [9.17, 15) is 14.3 Å². The topological polar surface area (TPSA) is 64.6 Å². The Balaban J connectivity index is 1.83. The first-order valence-corrected chi connectivity index (χ1v) is 8.56. The summed E-state index contributed by atoms with van der Waals surface area (Å²) in [5, 5.41) is 16.0. The lowest BCUT2D eigenvalue weighted by Gasteiger charge is -2.32. The van der Waals surface area contributed by atoms with Gasteiger partial charge in [-0.15, -0.1) is 0 Å². The van der Waals surface area contributed by atoms with Crippen LogP contribution in [0.15, 0.2) is 24.3 Å². The van der Waals surface area contributed by atoms with Crippen molar-refractivity contribution in [1.29, 1.82) is 0 Å². The Labute approximate surface area is 143 Å². The molecule has 0 bridgehead atoms. The first-order valence-electron chi connectivity index (χ1n) is 8.56. The molecular formula is C18H28FN3O2. The highest BCUT2D eigenvalue weighted by Crippen LogP contribution is 2.27. The number of hydrogen-bond donors (Lipinski definition) is 3. The fourth-order valence-electron chi connectivity index (χ4n) is 3.17. The molecule has 5 nitrogen and oxygen atoms in total. The molecule has 0 saturated heterocycles. The molecule has 1 atom stereocenters. The minimum absolute atomic E-state index is 0.0471. The number of benzene rings is 1. The largest absolute Gasteiger partial charge is 0.388 e. The number of nitrogens with one attached hydrogen (secondary N) is 2. The lowest BCUT2D eigenvalue weighted by molar-refractivity contribution is 0.00717. The Morgan fingerprint density at radius 2 is 1.83 bits per heavy atom. The molecule has 0 spiro atoms. The predicted molar refractivity (Wildman–Crippen MR) is 92.3 cm³/mol. The minimum atomic E-state index is -0.770. The molecule has 134 valence electrons. The number of amides is 2. The zero-order valence-corrected chi connectivity index (χ0v) is 14.5. The molecule has 1 aromatic rings. The van der Waals surface area contributed by atoms with Crippen molar-refractivity contribution >= 4 is 6.03 Å². The molecule has 1 aliphatic carbocycles. The lowest BCUT2D eigenvalue weighted by Crippen LogP contribution is -2.48. The molecule has 2 rings (SSSR count). The zero-order chi connectivity index (χ0) is 17.6. The van der Waals surface area contributed by atoms with Gasteiger partial charge in [0.25, 0.3) is 0 Å². The fourth-order valence-corrected chi connectivity index (χ4v) is 3.17. The quantitative estimate of drug-likeness (QED) is 0.747. The zero-order valence-electron chi connectivity index (χ0n) is 14.5. The van der Waals surface area contributed by atoms with E-state index in [1.165, 1.54) is 12.1 Å². The van der Waals surface area contributed by atoms with Gasteiger partial charge in [-0.2, -0.15) is 0 Å². The average molecular weight is 337 g/mol. The third-order valence-corrected chi connectivity index (χ3v) is 4.70. The fraction of sp³-hybridized carbons (Fsp3) is 0.611. The van der Waals surface area contributed by atoms with Crippen LogP contribution in [0.4, 0.5) is 9.18 Å². The number of nitrogens with zero attached hydrogens (tertiary/aromatic N) is 1. The summed E-state index contributed by atoms with van der Waals surface area (Å²) in [5.41, 5.74) is 0.167. The maximum Gasteiger partial charge on any atom is 0.314 e. The number of rotatable bonds is 6. The van der Waals surface area contributed by atoms with Crippen molar-refractivity contribution < 1.29 is 14.3 Å². The number of carbonyl (C=O) groups excluding carboxylic acids is 1. The molecule has 1 unspecified atom stereocenters. The number of aliphatic hydroxyl groups is 1. The summed E-state index contributed by atoms with van der Waals surface area (Å²) in [5.74, 6) is -0.275. The Morgan fingerprint density at radius 1 is 1.21 bits per heavy atom. The minimum Gasteiger partial charge on any atom is -0.388 e. The van der Waals surface area contributed by atoms with Crippen molar-refractivity contribution in [2.45, 2.75) is 43.7 Å². The third-order valence-electron chi connectivity index (χ3n) is 4.70. The van der Waals surface area contributed by atoms with Crippen LogP contribution in [0.25, 0.3) is 0 Å². The van der Waals surface area contributed by atoms with Crippen molar-refractivity contribution in [2.75, 3.05) is 27.2 Å². The Hall–Kier alpha value is -1.66. The highest BCUT2D eigenvalue weighted by Gasteiger charge is 2.29. The van der Waals surface area contributed by atoms with Gasteiger partial charge in [0.05, 0.1) is 11.6 Å². The molecule has 1 saturated carbocycles. The van der Waals surface area contributed by atoms with Gasteiger partial charge in [-0.25, -0.2) is 9.18 Å². The van der Waals surface area contributed by atoms with Crippen molar-refractivity contribution in [3.05, 3.63) is 35.6 Å². The summed E-state index contributed by atoms with van der Waals surface area (Å²) >= 11 is 0. The van der Waals surface area contributed by atoms with Crippen LogP contribution in [0.1, 0.15) is 43.7 Å². The first kappa shape index (κ1) is 18.7. The normalized spacial score (nSPS) is 18.2. The summed E-state index contributed by atoms with van der Waals surface area (Å²) in [6.07, 6.45) is 4.64. The highest BCUT2D eigenvalue weighted by atomic mass is 19.1. The maximum atomic E-state index is 13.1. The summed E-state index contributed by atoms with van der Waals surface area (Å²) in [6.45, 7) is 0.685. The molecule has 2 amide bonds. The Bertz CT molecular complexity index is 528. The van der Waals surface area contributed by atoms with Gasteiger partial charge in [0.1, 0.15) is 5.82 Å². The molecule has 0 radical (unpaired) electrons. The van der Waals surface area contributed by atoms with Crippen molar-refractivity contribution in [1.82, 2.24) is 15.5 Å². The summed E-state index contributed by atoms with van der Waals surface area (Å²) in [4.78, 5) is 14.0. The average Bonchev–Trinajstić information content (AvgIpc) is 2.55. The van der Waals surface area contributed by atoms with Crippen LogP contribution in [0, 0.1) is 5.82 Å². The second-order valence-electron chi connectivity index (χ2n) is 6.88. The first-order chi connectivity index (χ1) is 11.4. The van der Waals surface area contributed by atoms with Gasteiger partial charge >= 0.3 is 6.03 Å². The van der Waals surface area contributed by atoms with Gasteiger partial charge in [-0.05, 0) is 44.6 Å². The van der Waals surface area contributed by atoms with E-state index < -0.39 is 5.60 Å². The SMILES string of the molecule is CN(C)C(CNC(=O)NCC1(O)CCCCC1)c1ccc(F)cc1. The van der Waals surface area contributed by atoms with Gasteiger partial charge in [-0.1, -0.05) is 31.4 Å². The molecule has 1 fully saturated rings. The molecule has 0 aliphatic heterocycles.